The zero-order valence-corrected chi connectivity index (χ0v) is 10.8. The van der Waals surface area contributed by atoms with E-state index in [9.17, 15) is 8.42 Å². The summed E-state index contributed by atoms with van der Waals surface area (Å²) in [5.41, 5.74) is 6.11. The van der Waals surface area contributed by atoms with Crippen molar-refractivity contribution in [3.05, 3.63) is 28.8 Å². The first-order valence-electron chi connectivity index (χ1n) is 5.16. The second-order valence-corrected chi connectivity index (χ2v) is 6.24. The highest BCUT2D eigenvalue weighted by molar-refractivity contribution is 7.91. The second-order valence-electron chi connectivity index (χ2n) is 3.73. The summed E-state index contributed by atoms with van der Waals surface area (Å²) in [6.07, 6.45) is 1.33. The largest absolute Gasteiger partial charge is 0.330 e. The number of halogens is 1. The van der Waals surface area contributed by atoms with Gasteiger partial charge in [-0.25, -0.2) is 8.42 Å². The highest BCUT2D eigenvalue weighted by Gasteiger charge is 2.14. The molecule has 1 aromatic carbocycles. The molecule has 1 aromatic rings. The molecule has 2 N–H and O–H groups in total. The van der Waals surface area contributed by atoms with E-state index in [0.717, 1.165) is 12.0 Å². The van der Waals surface area contributed by atoms with Crippen LogP contribution in [0.4, 0.5) is 0 Å². The van der Waals surface area contributed by atoms with Crippen LogP contribution in [-0.4, -0.2) is 20.7 Å². The van der Waals surface area contributed by atoms with Gasteiger partial charge in [-0.3, -0.25) is 0 Å². The number of aryl methyl sites for hydroxylation is 1. The number of hydrogen-bond donors (Lipinski definition) is 1. The van der Waals surface area contributed by atoms with E-state index < -0.39 is 9.84 Å². The van der Waals surface area contributed by atoms with Gasteiger partial charge in [0.2, 0.25) is 0 Å². The topological polar surface area (TPSA) is 60.2 Å². The Hall–Kier alpha value is -0.580. The fourth-order valence-corrected chi connectivity index (χ4v) is 2.93. The van der Waals surface area contributed by atoms with Gasteiger partial charge in [0, 0.05) is 5.02 Å². The van der Waals surface area contributed by atoms with E-state index in [4.69, 9.17) is 17.3 Å². The summed E-state index contributed by atoms with van der Waals surface area (Å²) in [5.74, 6) is 0.144. The molecule has 0 radical (unpaired) electrons. The van der Waals surface area contributed by atoms with Crippen molar-refractivity contribution in [2.45, 2.75) is 24.7 Å². The Labute approximate surface area is 102 Å². The number of rotatable bonds is 5. The summed E-state index contributed by atoms with van der Waals surface area (Å²) < 4.78 is 23.8. The lowest BCUT2D eigenvalue weighted by Gasteiger charge is -2.05. The van der Waals surface area contributed by atoms with Crippen LogP contribution < -0.4 is 5.73 Å². The van der Waals surface area contributed by atoms with Crippen molar-refractivity contribution in [1.82, 2.24) is 0 Å². The lowest BCUT2D eigenvalue weighted by molar-refractivity contribution is 0.592. The first-order valence-corrected chi connectivity index (χ1v) is 7.19. The van der Waals surface area contributed by atoms with Crippen LogP contribution in [0.3, 0.4) is 0 Å². The number of benzene rings is 1. The SMILES string of the molecule is Cc1cc(S(=O)(=O)CCCCN)ccc1Cl. The third-order valence-electron chi connectivity index (χ3n) is 2.36. The lowest BCUT2D eigenvalue weighted by Crippen LogP contribution is -2.09. The molecule has 90 valence electrons. The fourth-order valence-electron chi connectivity index (χ4n) is 1.36. The van der Waals surface area contributed by atoms with Gasteiger partial charge in [0.15, 0.2) is 9.84 Å². The van der Waals surface area contributed by atoms with Crippen molar-refractivity contribution in [2.75, 3.05) is 12.3 Å². The molecule has 0 saturated heterocycles. The van der Waals surface area contributed by atoms with E-state index in [1.807, 2.05) is 0 Å². The smallest absolute Gasteiger partial charge is 0.178 e. The second kappa shape index (κ2) is 5.66. The summed E-state index contributed by atoms with van der Waals surface area (Å²) in [4.78, 5) is 0.339. The third-order valence-corrected chi connectivity index (χ3v) is 4.58. The van der Waals surface area contributed by atoms with Gasteiger partial charge in [-0.05, 0) is 50.1 Å². The van der Waals surface area contributed by atoms with E-state index in [1.54, 1.807) is 25.1 Å². The zero-order chi connectivity index (χ0) is 12.2. The molecule has 0 atom stereocenters. The Bertz CT molecular complexity index is 457. The van der Waals surface area contributed by atoms with Crippen molar-refractivity contribution in [3.63, 3.8) is 0 Å². The highest BCUT2D eigenvalue weighted by Crippen LogP contribution is 2.20. The van der Waals surface area contributed by atoms with Crippen LogP contribution in [0.2, 0.25) is 5.02 Å². The summed E-state index contributed by atoms with van der Waals surface area (Å²) >= 11 is 5.85. The van der Waals surface area contributed by atoms with E-state index in [1.165, 1.54) is 0 Å². The van der Waals surface area contributed by atoms with Crippen molar-refractivity contribution >= 4 is 21.4 Å². The molecule has 0 aromatic heterocycles. The molecular formula is C11H16ClNO2S. The van der Waals surface area contributed by atoms with E-state index in [-0.39, 0.29) is 5.75 Å². The molecule has 0 amide bonds. The maximum atomic E-state index is 11.9. The number of sulfone groups is 1. The molecule has 0 bridgehead atoms. The van der Waals surface area contributed by atoms with Crippen LogP contribution in [-0.2, 0) is 9.84 Å². The van der Waals surface area contributed by atoms with Gasteiger partial charge in [-0.1, -0.05) is 11.6 Å². The van der Waals surface area contributed by atoms with Gasteiger partial charge in [-0.2, -0.15) is 0 Å². The minimum Gasteiger partial charge on any atom is -0.330 e. The standard InChI is InChI=1S/C11H16ClNO2S/c1-9-8-10(4-5-11(9)12)16(14,15)7-3-2-6-13/h4-5,8H,2-3,6-7,13H2,1H3. The molecule has 0 aliphatic heterocycles. The quantitative estimate of drug-likeness (QED) is 0.827. The summed E-state index contributed by atoms with van der Waals surface area (Å²) in [6, 6.07) is 4.78. The predicted octanol–water partition coefficient (Wildman–Crippen LogP) is 2.16. The Morgan fingerprint density at radius 2 is 2.00 bits per heavy atom. The lowest BCUT2D eigenvalue weighted by atomic mass is 10.2. The average Bonchev–Trinajstić information content (AvgIpc) is 2.22. The van der Waals surface area contributed by atoms with Crippen LogP contribution >= 0.6 is 11.6 Å². The first-order chi connectivity index (χ1) is 7.47. The van der Waals surface area contributed by atoms with Crippen LogP contribution in [0, 0.1) is 6.92 Å². The van der Waals surface area contributed by atoms with Gasteiger partial charge >= 0.3 is 0 Å². The number of unbranched alkanes of at least 4 members (excludes halogenated alkanes) is 1. The number of hydrogen-bond acceptors (Lipinski definition) is 3. The molecule has 16 heavy (non-hydrogen) atoms. The van der Waals surface area contributed by atoms with Crippen LogP contribution in [0.5, 0.6) is 0 Å². The maximum Gasteiger partial charge on any atom is 0.178 e. The van der Waals surface area contributed by atoms with E-state index in [2.05, 4.69) is 0 Å². The zero-order valence-electron chi connectivity index (χ0n) is 9.24. The predicted molar refractivity (Wildman–Crippen MR) is 66.5 cm³/mol. The van der Waals surface area contributed by atoms with Crippen LogP contribution in [0.15, 0.2) is 23.1 Å². The Morgan fingerprint density at radius 3 is 2.56 bits per heavy atom. The van der Waals surface area contributed by atoms with Gasteiger partial charge in [-0.15, -0.1) is 0 Å². The monoisotopic (exact) mass is 261 g/mol. The minimum absolute atomic E-state index is 0.144. The van der Waals surface area contributed by atoms with Gasteiger partial charge in [0.05, 0.1) is 10.6 Å². The molecule has 1 rings (SSSR count). The fraction of sp³-hybridized carbons (Fsp3) is 0.455. The Kier molecular flexibility index (Phi) is 4.77. The summed E-state index contributed by atoms with van der Waals surface area (Å²) in [5, 5.41) is 0.584. The van der Waals surface area contributed by atoms with E-state index >= 15 is 0 Å². The molecule has 3 nitrogen and oxygen atoms in total. The molecular weight excluding hydrogens is 246 g/mol. The van der Waals surface area contributed by atoms with Crippen molar-refractivity contribution in [2.24, 2.45) is 5.73 Å². The summed E-state index contributed by atoms with van der Waals surface area (Å²) in [7, 11) is -3.19. The molecule has 0 aliphatic carbocycles. The minimum atomic E-state index is -3.19. The Balaban J connectivity index is 2.86. The highest BCUT2D eigenvalue weighted by atomic mass is 35.5. The molecule has 0 saturated carbocycles. The molecule has 0 heterocycles. The molecule has 0 fully saturated rings. The van der Waals surface area contributed by atoms with Gasteiger partial charge < -0.3 is 5.73 Å². The van der Waals surface area contributed by atoms with Gasteiger partial charge in [0.1, 0.15) is 0 Å². The molecule has 0 aliphatic rings. The normalized spacial score (nSPS) is 11.7. The van der Waals surface area contributed by atoms with Crippen LogP contribution in [0.1, 0.15) is 18.4 Å². The van der Waals surface area contributed by atoms with Crippen LogP contribution in [0.25, 0.3) is 0 Å². The average molecular weight is 262 g/mol. The summed E-state index contributed by atoms with van der Waals surface area (Å²) in [6.45, 7) is 2.32. The molecule has 0 spiro atoms. The van der Waals surface area contributed by atoms with E-state index in [0.29, 0.717) is 22.9 Å². The third kappa shape index (κ3) is 3.47. The van der Waals surface area contributed by atoms with Crippen molar-refractivity contribution < 1.29 is 8.42 Å². The molecule has 0 unspecified atom stereocenters. The van der Waals surface area contributed by atoms with Gasteiger partial charge in [0.25, 0.3) is 0 Å². The molecule has 5 heteroatoms. The first kappa shape index (κ1) is 13.5. The number of nitrogens with two attached hydrogens (primary N) is 1. The van der Waals surface area contributed by atoms with Crippen molar-refractivity contribution in [1.29, 1.82) is 0 Å². The van der Waals surface area contributed by atoms with Crippen molar-refractivity contribution in [3.8, 4) is 0 Å². The Morgan fingerprint density at radius 1 is 1.31 bits per heavy atom. The maximum absolute atomic E-state index is 11.9.